The maximum Gasteiger partial charge on any atom is 0.223 e. The first kappa shape index (κ1) is 15.5. The van der Waals surface area contributed by atoms with Gasteiger partial charge in [0, 0.05) is 38.0 Å². The second-order valence-electron chi connectivity index (χ2n) is 6.90. The monoisotopic (exact) mass is 324 g/mol. The number of fused-ring (bicyclic) bond motifs is 1. The summed E-state index contributed by atoms with van der Waals surface area (Å²) in [7, 11) is 0. The van der Waals surface area contributed by atoms with Crippen LogP contribution in [0.3, 0.4) is 0 Å². The lowest BCUT2D eigenvalue weighted by atomic mass is 10.00. The van der Waals surface area contributed by atoms with Gasteiger partial charge < -0.3 is 9.73 Å². The number of nitrogens with zero attached hydrogens (tertiary/aromatic N) is 1. The zero-order valence-electron chi connectivity index (χ0n) is 13.9. The van der Waals surface area contributed by atoms with Gasteiger partial charge in [-0.25, -0.2) is 0 Å². The zero-order valence-corrected chi connectivity index (χ0v) is 13.9. The molecule has 1 fully saturated rings. The molecule has 0 saturated heterocycles. The lowest BCUT2D eigenvalue weighted by Crippen LogP contribution is -2.34. The molecule has 0 unspecified atom stereocenters. The van der Waals surface area contributed by atoms with E-state index < -0.39 is 0 Å². The van der Waals surface area contributed by atoms with Crippen molar-refractivity contribution in [2.24, 2.45) is 5.92 Å². The van der Waals surface area contributed by atoms with Crippen molar-refractivity contribution in [3.63, 3.8) is 0 Å². The first-order chi connectivity index (χ1) is 11.8. The van der Waals surface area contributed by atoms with Crippen LogP contribution in [0.1, 0.15) is 35.6 Å². The fraction of sp³-hybridized carbons (Fsp3) is 0.450. The van der Waals surface area contributed by atoms with E-state index in [-0.39, 0.29) is 11.8 Å². The van der Waals surface area contributed by atoms with Gasteiger partial charge in [-0.15, -0.1) is 0 Å². The van der Waals surface area contributed by atoms with E-state index in [1.165, 1.54) is 11.1 Å². The minimum Gasteiger partial charge on any atom is -0.469 e. The second-order valence-corrected chi connectivity index (χ2v) is 6.90. The number of hydrogen-bond acceptors (Lipinski definition) is 3. The van der Waals surface area contributed by atoms with Gasteiger partial charge in [-0.05, 0) is 42.5 Å². The zero-order chi connectivity index (χ0) is 16.4. The molecule has 1 aromatic carbocycles. The Labute approximate surface area is 142 Å². The molecule has 2 aromatic rings. The van der Waals surface area contributed by atoms with Crippen LogP contribution in [0.15, 0.2) is 47.1 Å². The molecule has 2 atom stereocenters. The van der Waals surface area contributed by atoms with E-state index in [4.69, 9.17) is 4.42 Å². The summed E-state index contributed by atoms with van der Waals surface area (Å²) in [6.07, 6.45) is 4.74. The van der Waals surface area contributed by atoms with E-state index in [0.29, 0.717) is 5.92 Å². The Morgan fingerprint density at radius 1 is 1.21 bits per heavy atom. The number of hydrogen-bond donors (Lipinski definition) is 1. The Hall–Kier alpha value is -2.07. The van der Waals surface area contributed by atoms with Crippen molar-refractivity contribution in [2.45, 2.75) is 31.7 Å². The smallest absolute Gasteiger partial charge is 0.223 e. The molecule has 2 heterocycles. The Morgan fingerprint density at radius 2 is 2.08 bits per heavy atom. The van der Waals surface area contributed by atoms with E-state index in [0.717, 1.165) is 51.2 Å². The van der Waals surface area contributed by atoms with Crippen LogP contribution in [0.2, 0.25) is 0 Å². The highest BCUT2D eigenvalue weighted by Gasteiger charge is 2.45. The molecule has 4 rings (SSSR count). The summed E-state index contributed by atoms with van der Waals surface area (Å²) >= 11 is 0. The summed E-state index contributed by atoms with van der Waals surface area (Å²) in [5, 5.41) is 3.09. The van der Waals surface area contributed by atoms with Crippen molar-refractivity contribution < 1.29 is 9.21 Å². The van der Waals surface area contributed by atoms with Gasteiger partial charge in [0.05, 0.1) is 6.26 Å². The van der Waals surface area contributed by atoms with Crippen molar-refractivity contribution in [3.8, 4) is 0 Å². The van der Waals surface area contributed by atoms with Gasteiger partial charge in [-0.1, -0.05) is 24.3 Å². The largest absolute Gasteiger partial charge is 0.469 e. The predicted octanol–water partition coefficient (Wildman–Crippen LogP) is 2.95. The average Bonchev–Trinajstić information content (AvgIpc) is 3.23. The number of carbonyl (C=O) groups excluding carboxylic acids is 1. The van der Waals surface area contributed by atoms with Crippen molar-refractivity contribution in [2.75, 3.05) is 19.6 Å². The standard InChI is InChI=1S/C20H24N2O2/c23-20(18-13-17(18)19-7-3-12-24-19)21-9-4-10-22-11-8-15-5-1-2-6-16(15)14-22/h1-3,5-7,12,17-18H,4,8-11,13-14H2,(H,21,23)/t17-,18-/m0/s1. The Morgan fingerprint density at radius 3 is 2.92 bits per heavy atom. The van der Waals surface area contributed by atoms with Crippen LogP contribution in [-0.2, 0) is 17.8 Å². The third-order valence-electron chi connectivity index (χ3n) is 5.20. The molecule has 1 N–H and O–H groups in total. The molecule has 0 bridgehead atoms. The van der Waals surface area contributed by atoms with Crippen LogP contribution >= 0.6 is 0 Å². The number of carbonyl (C=O) groups is 1. The fourth-order valence-electron chi connectivity index (χ4n) is 3.69. The summed E-state index contributed by atoms with van der Waals surface area (Å²) in [6.45, 7) is 3.96. The molecule has 126 valence electrons. The first-order valence-corrected chi connectivity index (χ1v) is 8.91. The van der Waals surface area contributed by atoms with Crippen LogP contribution < -0.4 is 5.32 Å². The number of benzene rings is 1. The topological polar surface area (TPSA) is 45.5 Å². The van der Waals surface area contributed by atoms with Crippen LogP contribution in [0.25, 0.3) is 0 Å². The number of nitrogens with one attached hydrogen (secondary N) is 1. The van der Waals surface area contributed by atoms with Crippen molar-refractivity contribution in [3.05, 3.63) is 59.5 Å². The maximum atomic E-state index is 12.2. The van der Waals surface area contributed by atoms with Gasteiger partial charge in [0.1, 0.15) is 5.76 Å². The van der Waals surface area contributed by atoms with Crippen molar-refractivity contribution in [1.29, 1.82) is 0 Å². The normalized spacial score (nSPS) is 22.8. The summed E-state index contributed by atoms with van der Waals surface area (Å²) in [6, 6.07) is 12.6. The molecule has 2 aliphatic rings. The predicted molar refractivity (Wildman–Crippen MR) is 92.6 cm³/mol. The number of amides is 1. The molecule has 1 amide bonds. The minimum atomic E-state index is 0.109. The second kappa shape index (κ2) is 6.81. The Bertz CT molecular complexity index is 695. The average molecular weight is 324 g/mol. The number of rotatable bonds is 6. The third kappa shape index (κ3) is 3.39. The highest BCUT2D eigenvalue weighted by atomic mass is 16.3. The van der Waals surface area contributed by atoms with Crippen molar-refractivity contribution in [1.82, 2.24) is 10.2 Å². The summed E-state index contributed by atoms with van der Waals surface area (Å²) in [4.78, 5) is 14.6. The van der Waals surface area contributed by atoms with Crippen LogP contribution in [0.5, 0.6) is 0 Å². The molecule has 1 aromatic heterocycles. The quantitative estimate of drug-likeness (QED) is 0.831. The summed E-state index contributed by atoms with van der Waals surface area (Å²) in [5.74, 6) is 1.53. The summed E-state index contributed by atoms with van der Waals surface area (Å²) < 4.78 is 5.38. The van der Waals surface area contributed by atoms with Gasteiger partial charge in [-0.3, -0.25) is 9.69 Å². The third-order valence-corrected chi connectivity index (χ3v) is 5.20. The molecule has 1 aliphatic carbocycles. The van der Waals surface area contributed by atoms with E-state index in [9.17, 15) is 4.79 Å². The molecular weight excluding hydrogens is 300 g/mol. The molecule has 24 heavy (non-hydrogen) atoms. The van der Waals surface area contributed by atoms with Crippen LogP contribution in [0.4, 0.5) is 0 Å². The van der Waals surface area contributed by atoms with E-state index >= 15 is 0 Å². The molecule has 1 saturated carbocycles. The Kier molecular flexibility index (Phi) is 4.39. The molecule has 1 aliphatic heterocycles. The first-order valence-electron chi connectivity index (χ1n) is 8.91. The summed E-state index contributed by atoms with van der Waals surface area (Å²) in [5.41, 5.74) is 2.94. The van der Waals surface area contributed by atoms with Gasteiger partial charge >= 0.3 is 0 Å². The molecule has 0 spiro atoms. The van der Waals surface area contributed by atoms with E-state index in [2.05, 4.69) is 34.5 Å². The molecular formula is C20H24N2O2. The fourth-order valence-corrected chi connectivity index (χ4v) is 3.69. The highest BCUT2D eigenvalue weighted by Crippen LogP contribution is 2.47. The highest BCUT2D eigenvalue weighted by molar-refractivity contribution is 5.82. The van der Waals surface area contributed by atoms with E-state index in [1.807, 2.05) is 12.1 Å². The van der Waals surface area contributed by atoms with E-state index in [1.54, 1.807) is 6.26 Å². The van der Waals surface area contributed by atoms with Gasteiger partial charge in [0.15, 0.2) is 0 Å². The molecule has 0 radical (unpaired) electrons. The lowest BCUT2D eigenvalue weighted by molar-refractivity contribution is -0.122. The van der Waals surface area contributed by atoms with Crippen LogP contribution in [-0.4, -0.2) is 30.4 Å². The minimum absolute atomic E-state index is 0.109. The van der Waals surface area contributed by atoms with Gasteiger partial charge in [-0.2, -0.15) is 0 Å². The lowest BCUT2D eigenvalue weighted by Gasteiger charge is -2.28. The van der Waals surface area contributed by atoms with Crippen molar-refractivity contribution >= 4 is 5.91 Å². The van der Waals surface area contributed by atoms with Gasteiger partial charge in [0.25, 0.3) is 0 Å². The molecule has 4 nitrogen and oxygen atoms in total. The SMILES string of the molecule is O=C(NCCCN1CCc2ccccc2C1)[C@H]1C[C@@H]1c1ccco1. The van der Waals surface area contributed by atoms with Gasteiger partial charge in [0.2, 0.25) is 5.91 Å². The molecule has 4 heteroatoms. The maximum absolute atomic E-state index is 12.2. The Balaban J connectivity index is 1.16. The van der Waals surface area contributed by atoms with Crippen LogP contribution in [0, 0.1) is 5.92 Å². The number of furan rings is 1.